The van der Waals surface area contributed by atoms with E-state index in [9.17, 15) is 4.79 Å². The van der Waals surface area contributed by atoms with Crippen LogP contribution in [0.1, 0.15) is 16.2 Å². The summed E-state index contributed by atoms with van der Waals surface area (Å²) in [7, 11) is 0. The van der Waals surface area contributed by atoms with Crippen LogP contribution in [0.15, 0.2) is 69.9 Å². The van der Waals surface area contributed by atoms with Crippen LogP contribution in [0.4, 0.5) is 5.69 Å². The van der Waals surface area contributed by atoms with Crippen molar-refractivity contribution in [1.82, 2.24) is 20.0 Å². The number of hydrogen-bond acceptors (Lipinski definition) is 6. The monoisotopic (exact) mass is 439 g/mol. The Bertz CT molecular complexity index is 1100. The Kier molecular flexibility index (Phi) is 4.90. The fraction of sp³-hybridized carbons (Fsp3) is 0.0526. The van der Waals surface area contributed by atoms with Gasteiger partial charge in [0.25, 0.3) is 5.91 Å². The summed E-state index contributed by atoms with van der Waals surface area (Å²) in [4.78, 5) is 12.1. The van der Waals surface area contributed by atoms with Crippen molar-refractivity contribution < 1.29 is 13.9 Å². The summed E-state index contributed by atoms with van der Waals surface area (Å²) in [5.41, 5.74) is 1.51. The number of carbonyl (C=O) groups excluding carboxylic acids is 1. The average molecular weight is 440 g/mol. The van der Waals surface area contributed by atoms with Crippen LogP contribution in [0.2, 0.25) is 0 Å². The minimum Gasteiger partial charge on any atom is -0.444 e. The molecule has 0 radical (unpaired) electrons. The van der Waals surface area contributed by atoms with E-state index in [0.717, 1.165) is 5.69 Å². The van der Waals surface area contributed by atoms with Crippen molar-refractivity contribution >= 4 is 27.5 Å². The highest BCUT2D eigenvalue weighted by Crippen LogP contribution is 2.22. The fourth-order valence-electron chi connectivity index (χ4n) is 2.39. The van der Waals surface area contributed by atoms with Gasteiger partial charge < -0.3 is 14.5 Å². The van der Waals surface area contributed by atoms with Gasteiger partial charge in [0.2, 0.25) is 5.88 Å². The van der Waals surface area contributed by atoms with Crippen LogP contribution in [-0.4, -0.2) is 25.9 Å². The molecule has 0 spiro atoms. The zero-order valence-corrected chi connectivity index (χ0v) is 16.3. The molecule has 3 aromatic heterocycles. The van der Waals surface area contributed by atoms with E-state index in [2.05, 4.69) is 36.5 Å². The number of benzene rings is 1. The number of furan rings is 1. The summed E-state index contributed by atoms with van der Waals surface area (Å²) in [6.45, 7) is 1.90. The van der Waals surface area contributed by atoms with E-state index < -0.39 is 0 Å². The lowest BCUT2D eigenvalue weighted by atomic mass is 10.3. The predicted octanol–water partition coefficient (Wildman–Crippen LogP) is 4.37. The molecule has 8 nitrogen and oxygen atoms in total. The summed E-state index contributed by atoms with van der Waals surface area (Å²) >= 11 is 3.17. The van der Waals surface area contributed by atoms with E-state index in [1.54, 1.807) is 53.2 Å². The van der Waals surface area contributed by atoms with Gasteiger partial charge in [-0.05, 0) is 71.4 Å². The summed E-state index contributed by atoms with van der Waals surface area (Å²) in [5, 5.41) is 15.2. The number of rotatable bonds is 5. The minimum absolute atomic E-state index is 0.218. The molecule has 1 N–H and O–H groups in total. The lowest BCUT2D eigenvalue weighted by molar-refractivity contribution is 0.0995. The molecule has 0 saturated carbocycles. The Morgan fingerprint density at radius 1 is 1.07 bits per heavy atom. The van der Waals surface area contributed by atoms with E-state index >= 15 is 0 Å². The first-order valence-electron chi connectivity index (χ1n) is 8.28. The second-order valence-corrected chi connectivity index (χ2v) is 6.60. The standard InChI is InChI=1S/C19H14BrN5O3/c1-12-10-11-25(24-12)17-8-9-18(23-22-17)27-14-4-2-13(3-5-14)21-19(26)15-6-7-16(20)28-15/h2-11H,1H3,(H,21,26). The van der Waals surface area contributed by atoms with Crippen molar-refractivity contribution in [2.24, 2.45) is 0 Å². The van der Waals surface area contributed by atoms with Crippen LogP contribution in [0, 0.1) is 6.92 Å². The van der Waals surface area contributed by atoms with Gasteiger partial charge in [-0.1, -0.05) is 0 Å². The summed E-state index contributed by atoms with van der Waals surface area (Å²) in [6, 6.07) is 15.5. The van der Waals surface area contributed by atoms with Crippen molar-refractivity contribution in [3.63, 3.8) is 0 Å². The highest BCUT2D eigenvalue weighted by Gasteiger charge is 2.11. The SMILES string of the molecule is Cc1ccn(-c2ccc(Oc3ccc(NC(=O)c4ccc(Br)o4)cc3)nn2)n1. The second kappa shape index (κ2) is 7.65. The first-order chi connectivity index (χ1) is 13.6. The summed E-state index contributed by atoms with van der Waals surface area (Å²) in [5.74, 6) is 1.40. The Labute approximate surface area is 168 Å². The Morgan fingerprint density at radius 2 is 1.89 bits per heavy atom. The van der Waals surface area contributed by atoms with Crippen molar-refractivity contribution in [3.8, 4) is 17.4 Å². The van der Waals surface area contributed by atoms with Gasteiger partial charge in [0.05, 0.1) is 5.69 Å². The van der Waals surface area contributed by atoms with E-state index in [1.807, 2.05) is 19.2 Å². The molecular weight excluding hydrogens is 426 g/mol. The first kappa shape index (κ1) is 17.9. The number of aryl methyl sites for hydroxylation is 1. The van der Waals surface area contributed by atoms with Gasteiger partial charge in [-0.2, -0.15) is 5.10 Å². The van der Waals surface area contributed by atoms with Crippen LogP contribution in [0.3, 0.4) is 0 Å². The van der Waals surface area contributed by atoms with Crippen molar-refractivity contribution in [3.05, 3.63) is 76.9 Å². The molecule has 28 heavy (non-hydrogen) atoms. The van der Waals surface area contributed by atoms with E-state index in [1.165, 1.54) is 0 Å². The lowest BCUT2D eigenvalue weighted by Gasteiger charge is -2.07. The number of hydrogen-bond donors (Lipinski definition) is 1. The normalized spacial score (nSPS) is 10.6. The summed E-state index contributed by atoms with van der Waals surface area (Å²) < 4.78 is 13.0. The number of ether oxygens (including phenoxy) is 1. The van der Waals surface area contributed by atoms with Gasteiger partial charge >= 0.3 is 0 Å². The van der Waals surface area contributed by atoms with Gasteiger partial charge in [-0.25, -0.2) is 4.68 Å². The minimum atomic E-state index is -0.338. The van der Waals surface area contributed by atoms with Gasteiger partial charge in [0.1, 0.15) is 5.75 Å². The van der Waals surface area contributed by atoms with Gasteiger partial charge in [0, 0.05) is 18.0 Å². The number of nitrogens with zero attached hydrogens (tertiary/aromatic N) is 4. The molecular formula is C19H14BrN5O3. The smallest absolute Gasteiger partial charge is 0.291 e. The zero-order chi connectivity index (χ0) is 19.5. The topological polar surface area (TPSA) is 95.1 Å². The molecule has 0 aliphatic rings. The maximum Gasteiger partial charge on any atom is 0.291 e. The molecule has 3 heterocycles. The molecule has 0 unspecified atom stereocenters. The Balaban J connectivity index is 1.39. The highest BCUT2D eigenvalue weighted by atomic mass is 79.9. The molecule has 0 aliphatic heterocycles. The van der Waals surface area contributed by atoms with Crippen LogP contribution in [0.5, 0.6) is 11.6 Å². The molecule has 140 valence electrons. The van der Waals surface area contributed by atoms with E-state index in [0.29, 0.717) is 27.8 Å². The van der Waals surface area contributed by atoms with Crippen LogP contribution in [-0.2, 0) is 0 Å². The van der Waals surface area contributed by atoms with Gasteiger partial charge in [0.15, 0.2) is 16.2 Å². The molecule has 4 rings (SSSR count). The number of amides is 1. The zero-order valence-electron chi connectivity index (χ0n) is 14.7. The van der Waals surface area contributed by atoms with Gasteiger partial charge in [-0.3, -0.25) is 4.79 Å². The first-order valence-corrected chi connectivity index (χ1v) is 9.07. The molecule has 9 heteroatoms. The third-order valence-corrected chi connectivity index (χ3v) is 4.14. The average Bonchev–Trinajstić information content (AvgIpc) is 3.32. The Hall–Kier alpha value is -3.46. The molecule has 0 atom stereocenters. The van der Waals surface area contributed by atoms with E-state index in [-0.39, 0.29) is 11.7 Å². The Morgan fingerprint density at radius 3 is 2.50 bits per heavy atom. The molecule has 0 fully saturated rings. The fourth-order valence-corrected chi connectivity index (χ4v) is 2.69. The van der Waals surface area contributed by atoms with Crippen molar-refractivity contribution in [1.29, 1.82) is 0 Å². The van der Waals surface area contributed by atoms with Crippen LogP contribution >= 0.6 is 15.9 Å². The number of carbonyl (C=O) groups is 1. The third-order valence-electron chi connectivity index (χ3n) is 3.71. The molecule has 4 aromatic rings. The van der Waals surface area contributed by atoms with Gasteiger partial charge in [-0.15, -0.1) is 10.2 Å². The largest absolute Gasteiger partial charge is 0.444 e. The van der Waals surface area contributed by atoms with Crippen LogP contribution in [0.25, 0.3) is 5.82 Å². The highest BCUT2D eigenvalue weighted by molar-refractivity contribution is 9.10. The number of nitrogens with one attached hydrogen (secondary N) is 1. The number of aromatic nitrogens is 4. The maximum atomic E-state index is 12.1. The molecule has 0 saturated heterocycles. The van der Waals surface area contributed by atoms with Crippen molar-refractivity contribution in [2.45, 2.75) is 6.92 Å². The van der Waals surface area contributed by atoms with E-state index in [4.69, 9.17) is 9.15 Å². The lowest BCUT2D eigenvalue weighted by Crippen LogP contribution is -2.10. The van der Waals surface area contributed by atoms with Crippen LogP contribution < -0.4 is 10.1 Å². The van der Waals surface area contributed by atoms with Crippen molar-refractivity contribution in [2.75, 3.05) is 5.32 Å². The quantitative estimate of drug-likeness (QED) is 0.495. The molecule has 0 aliphatic carbocycles. The maximum absolute atomic E-state index is 12.1. The molecule has 1 aromatic carbocycles. The molecule has 1 amide bonds. The molecule has 0 bridgehead atoms. The number of anilines is 1. The summed E-state index contributed by atoms with van der Waals surface area (Å²) in [6.07, 6.45) is 1.81. The number of halogens is 1. The second-order valence-electron chi connectivity index (χ2n) is 5.82. The third kappa shape index (κ3) is 4.09. The predicted molar refractivity (Wildman–Crippen MR) is 105 cm³/mol.